The molecule has 144 valence electrons. The zero-order valence-corrected chi connectivity index (χ0v) is 15.3. The molecule has 0 bridgehead atoms. The van der Waals surface area contributed by atoms with Crippen LogP contribution in [0.5, 0.6) is 5.75 Å². The number of amides is 3. The van der Waals surface area contributed by atoms with Gasteiger partial charge in [-0.3, -0.25) is 19.4 Å². The summed E-state index contributed by atoms with van der Waals surface area (Å²) in [6, 6.07) is 10.6. The lowest BCUT2D eigenvalue weighted by Gasteiger charge is -2.23. The Morgan fingerprint density at radius 3 is 2.96 bits per heavy atom. The van der Waals surface area contributed by atoms with Crippen LogP contribution in [0, 0.1) is 5.92 Å². The number of aromatic nitrogens is 1. The quantitative estimate of drug-likeness (QED) is 0.842. The highest BCUT2D eigenvalue weighted by Crippen LogP contribution is 2.32. The summed E-state index contributed by atoms with van der Waals surface area (Å²) in [5.41, 5.74) is 1.84. The molecule has 0 unspecified atom stereocenters. The average Bonchev–Trinajstić information content (AvgIpc) is 3.04. The van der Waals surface area contributed by atoms with E-state index in [2.05, 4.69) is 15.6 Å². The van der Waals surface area contributed by atoms with Crippen LogP contribution in [0.2, 0.25) is 0 Å². The van der Waals surface area contributed by atoms with Crippen LogP contribution >= 0.6 is 0 Å². The van der Waals surface area contributed by atoms with Gasteiger partial charge in [-0.25, -0.2) is 0 Å². The molecule has 8 heteroatoms. The van der Waals surface area contributed by atoms with Crippen LogP contribution in [-0.2, 0) is 20.9 Å². The molecule has 4 rings (SSSR count). The Labute approximate surface area is 161 Å². The van der Waals surface area contributed by atoms with E-state index < -0.39 is 12.0 Å². The second-order valence-electron chi connectivity index (χ2n) is 6.95. The average molecular weight is 380 g/mol. The predicted molar refractivity (Wildman–Crippen MR) is 102 cm³/mol. The van der Waals surface area contributed by atoms with Crippen molar-refractivity contribution < 1.29 is 19.1 Å². The summed E-state index contributed by atoms with van der Waals surface area (Å²) in [6.07, 6.45) is 1.29. The minimum Gasteiger partial charge on any atom is -0.479 e. The molecule has 3 heterocycles. The summed E-state index contributed by atoms with van der Waals surface area (Å²) in [5, 5.41) is 5.57. The van der Waals surface area contributed by atoms with Crippen LogP contribution in [0.25, 0.3) is 0 Å². The second kappa shape index (κ2) is 7.30. The number of nitrogens with zero attached hydrogens (tertiary/aromatic N) is 2. The fraction of sp³-hybridized carbons (Fsp3) is 0.300. The fourth-order valence-electron chi connectivity index (χ4n) is 3.32. The molecule has 2 atom stereocenters. The van der Waals surface area contributed by atoms with Gasteiger partial charge in [0.2, 0.25) is 11.8 Å². The number of rotatable bonds is 4. The Morgan fingerprint density at radius 1 is 1.32 bits per heavy atom. The summed E-state index contributed by atoms with van der Waals surface area (Å²) in [6.45, 7) is 2.41. The maximum absolute atomic E-state index is 12.6. The van der Waals surface area contributed by atoms with E-state index in [0.717, 1.165) is 5.69 Å². The number of carbonyl (C=O) groups excluding carboxylic acids is 3. The van der Waals surface area contributed by atoms with Gasteiger partial charge in [-0.1, -0.05) is 6.07 Å². The summed E-state index contributed by atoms with van der Waals surface area (Å²) < 4.78 is 5.51. The zero-order chi connectivity index (χ0) is 19.7. The number of anilines is 2. The molecule has 0 saturated carbocycles. The van der Waals surface area contributed by atoms with Gasteiger partial charge in [0.15, 0.2) is 6.10 Å². The molecule has 8 nitrogen and oxygen atoms in total. The number of likely N-dealkylation sites (tertiary alicyclic amines) is 1. The van der Waals surface area contributed by atoms with Gasteiger partial charge in [-0.05, 0) is 37.3 Å². The molecule has 1 aromatic heterocycles. The van der Waals surface area contributed by atoms with Crippen molar-refractivity contribution in [2.24, 2.45) is 5.92 Å². The summed E-state index contributed by atoms with van der Waals surface area (Å²) in [5.74, 6) is -0.401. The number of hydrogen-bond donors (Lipinski definition) is 2. The number of carbonyl (C=O) groups is 3. The highest BCUT2D eigenvalue weighted by molar-refractivity contribution is 6.00. The Bertz CT molecular complexity index is 931. The number of ether oxygens (including phenoxy) is 1. The van der Waals surface area contributed by atoms with Gasteiger partial charge in [-0.15, -0.1) is 0 Å². The van der Waals surface area contributed by atoms with Crippen molar-refractivity contribution in [2.45, 2.75) is 26.0 Å². The number of benzene rings is 1. The third kappa shape index (κ3) is 3.66. The maximum Gasteiger partial charge on any atom is 0.265 e. The van der Waals surface area contributed by atoms with Crippen molar-refractivity contribution in [3.63, 3.8) is 0 Å². The fourth-order valence-corrected chi connectivity index (χ4v) is 3.32. The molecule has 3 amide bonds. The largest absolute Gasteiger partial charge is 0.479 e. The third-order valence-corrected chi connectivity index (χ3v) is 4.84. The Hall–Kier alpha value is -3.42. The second-order valence-corrected chi connectivity index (χ2v) is 6.95. The van der Waals surface area contributed by atoms with E-state index >= 15 is 0 Å². The molecule has 28 heavy (non-hydrogen) atoms. The minimum atomic E-state index is -0.553. The van der Waals surface area contributed by atoms with E-state index in [9.17, 15) is 14.4 Å². The number of fused-ring (bicyclic) bond motifs is 1. The molecule has 1 aromatic carbocycles. The molecule has 2 aromatic rings. The predicted octanol–water partition coefficient (Wildman–Crippen LogP) is 1.79. The van der Waals surface area contributed by atoms with Crippen molar-refractivity contribution in [2.75, 3.05) is 17.2 Å². The lowest BCUT2D eigenvalue weighted by Crippen LogP contribution is -2.34. The van der Waals surface area contributed by atoms with Crippen LogP contribution in [0.15, 0.2) is 42.6 Å². The zero-order valence-electron chi connectivity index (χ0n) is 15.3. The highest BCUT2D eigenvalue weighted by Gasteiger charge is 2.34. The molecule has 0 radical (unpaired) electrons. The summed E-state index contributed by atoms with van der Waals surface area (Å²) in [4.78, 5) is 42.5. The van der Waals surface area contributed by atoms with E-state index in [-0.39, 0.29) is 24.1 Å². The SMILES string of the molecule is C[C@@H]1Oc2ccc(NC(=O)[C@@H]3CC(=O)N(Cc4ccccn4)C3)cc2NC1=O. The van der Waals surface area contributed by atoms with Crippen LogP contribution < -0.4 is 15.4 Å². The van der Waals surface area contributed by atoms with Gasteiger partial charge in [0, 0.05) is 24.8 Å². The Kier molecular flexibility index (Phi) is 4.68. The van der Waals surface area contributed by atoms with Crippen molar-refractivity contribution in [3.8, 4) is 5.75 Å². The first-order valence-electron chi connectivity index (χ1n) is 9.10. The van der Waals surface area contributed by atoms with Gasteiger partial charge in [0.1, 0.15) is 5.75 Å². The van der Waals surface area contributed by atoms with E-state index in [1.165, 1.54) is 0 Å². The summed E-state index contributed by atoms with van der Waals surface area (Å²) >= 11 is 0. The van der Waals surface area contributed by atoms with Gasteiger partial charge in [0.25, 0.3) is 5.91 Å². The van der Waals surface area contributed by atoms with Crippen molar-refractivity contribution in [3.05, 3.63) is 48.3 Å². The third-order valence-electron chi connectivity index (χ3n) is 4.84. The molecular weight excluding hydrogens is 360 g/mol. The van der Waals surface area contributed by atoms with E-state index in [4.69, 9.17) is 4.74 Å². The van der Waals surface area contributed by atoms with Gasteiger partial charge < -0.3 is 20.3 Å². The smallest absolute Gasteiger partial charge is 0.265 e. The topological polar surface area (TPSA) is 101 Å². The summed E-state index contributed by atoms with van der Waals surface area (Å²) in [7, 11) is 0. The van der Waals surface area contributed by atoms with E-state index in [0.29, 0.717) is 30.2 Å². The molecule has 2 aliphatic heterocycles. The first-order valence-corrected chi connectivity index (χ1v) is 9.10. The number of hydrogen-bond acceptors (Lipinski definition) is 5. The number of pyridine rings is 1. The minimum absolute atomic E-state index is 0.0640. The molecule has 1 fully saturated rings. The highest BCUT2D eigenvalue weighted by atomic mass is 16.5. The molecule has 2 N–H and O–H groups in total. The Balaban J connectivity index is 1.40. The van der Waals surface area contributed by atoms with Crippen LogP contribution in [0.3, 0.4) is 0 Å². The first-order chi connectivity index (χ1) is 13.5. The molecular formula is C20H20N4O4. The van der Waals surface area contributed by atoms with Crippen molar-refractivity contribution in [1.82, 2.24) is 9.88 Å². The number of nitrogens with one attached hydrogen (secondary N) is 2. The van der Waals surface area contributed by atoms with Gasteiger partial charge >= 0.3 is 0 Å². The molecule has 0 aliphatic carbocycles. The van der Waals surface area contributed by atoms with Gasteiger partial charge in [0.05, 0.1) is 23.8 Å². The standard InChI is InChI=1S/C20H20N4O4/c1-12-19(26)23-16-9-14(5-6-17(16)28-12)22-20(27)13-8-18(25)24(10-13)11-15-4-2-3-7-21-15/h2-7,9,12-13H,8,10-11H2,1H3,(H,22,27)(H,23,26)/t12-,13+/m0/s1. The lowest BCUT2D eigenvalue weighted by molar-refractivity contribution is -0.128. The maximum atomic E-state index is 12.6. The first kappa shape index (κ1) is 18.0. The van der Waals surface area contributed by atoms with Crippen LogP contribution in [-0.4, -0.2) is 40.3 Å². The molecule has 2 aliphatic rings. The van der Waals surface area contributed by atoms with E-state index in [1.807, 2.05) is 18.2 Å². The van der Waals surface area contributed by atoms with Crippen molar-refractivity contribution >= 4 is 29.1 Å². The van der Waals surface area contributed by atoms with Gasteiger partial charge in [-0.2, -0.15) is 0 Å². The normalized spacial score (nSPS) is 21.0. The Morgan fingerprint density at radius 2 is 2.18 bits per heavy atom. The van der Waals surface area contributed by atoms with E-state index in [1.54, 1.807) is 36.2 Å². The monoisotopic (exact) mass is 380 g/mol. The molecule has 0 spiro atoms. The lowest BCUT2D eigenvalue weighted by atomic mass is 10.1. The molecule has 1 saturated heterocycles. The van der Waals surface area contributed by atoms with Crippen LogP contribution in [0.1, 0.15) is 19.0 Å². The van der Waals surface area contributed by atoms with Crippen molar-refractivity contribution in [1.29, 1.82) is 0 Å². The van der Waals surface area contributed by atoms with Crippen LogP contribution in [0.4, 0.5) is 11.4 Å².